The number of Topliss-reactive ketones (excluding diaryl/α,β-unsaturated/α-hetero) is 1. The van der Waals surface area contributed by atoms with E-state index in [1.807, 2.05) is 31.2 Å². The molecule has 1 heterocycles. The second-order valence-corrected chi connectivity index (χ2v) is 4.43. The Morgan fingerprint density at radius 2 is 2.19 bits per heavy atom. The van der Waals surface area contributed by atoms with Crippen LogP contribution in [0.25, 0.3) is 10.9 Å². The van der Waals surface area contributed by atoms with Crippen molar-refractivity contribution in [1.82, 2.24) is 4.98 Å². The molecule has 0 radical (unpaired) electrons. The monoisotopic (exact) mass is 235 g/mol. The number of halogens is 1. The van der Waals surface area contributed by atoms with E-state index in [-0.39, 0.29) is 5.78 Å². The van der Waals surface area contributed by atoms with E-state index in [4.69, 9.17) is 11.6 Å². The van der Waals surface area contributed by atoms with E-state index in [1.165, 1.54) is 0 Å². The second kappa shape index (κ2) is 4.71. The highest BCUT2D eigenvalue weighted by Gasteiger charge is 2.06. The van der Waals surface area contributed by atoms with Gasteiger partial charge in [-0.25, -0.2) is 0 Å². The second-order valence-electron chi connectivity index (χ2n) is 3.99. The summed E-state index contributed by atoms with van der Waals surface area (Å²) in [5, 5.41) is 1.78. The fourth-order valence-electron chi connectivity index (χ4n) is 1.84. The van der Waals surface area contributed by atoms with Crippen LogP contribution in [0.3, 0.4) is 0 Å². The summed E-state index contributed by atoms with van der Waals surface area (Å²) in [5.74, 6) is 0.278. The van der Waals surface area contributed by atoms with Crippen molar-refractivity contribution in [3.63, 3.8) is 0 Å². The fourth-order valence-corrected chi connectivity index (χ4v) is 2.02. The van der Waals surface area contributed by atoms with Crippen LogP contribution < -0.4 is 0 Å². The van der Waals surface area contributed by atoms with Gasteiger partial charge in [-0.05, 0) is 30.7 Å². The number of aromatic nitrogens is 1. The van der Waals surface area contributed by atoms with Crippen molar-refractivity contribution in [2.24, 2.45) is 0 Å². The summed E-state index contributed by atoms with van der Waals surface area (Å²) in [6.45, 7) is 2.02. The zero-order chi connectivity index (χ0) is 11.5. The maximum atomic E-state index is 11.5. The van der Waals surface area contributed by atoms with Crippen molar-refractivity contribution >= 4 is 28.3 Å². The van der Waals surface area contributed by atoms with Crippen LogP contribution in [0.2, 0.25) is 5.02 Å². The molecule has 0 spiro atoms. The molecule has 2 aromatic rings. The molecule has 16 heavy (non-hydrogen) atoms. The molecule has 3 heteroatoms. The Morgan fingerprint density at radius 3 is 2.94 bits per heavy atom. The van der Waals surface area contributed by atoms with Crippen LogP contribution in [0.4, 0.5) is 0 Å². The van der Waals surface area contributed by atoms with Gasteiger partial charge in [0.25, 0.3) is 0 Å². The third-order valence-electron chi connectivity index (χ3n) is 2.56. The largest absolute Gasteiger partial charge is 0.358 e. The lowest BCUT2D eigenvalue weighted by Gasteiger charge is -1.95. The van der Waals surface area contributed by atoms with E-state index in [9.17, 15) is 4.79 Å². The van der Waals surface area contributed by atoms with Crippen LogP contribution in [0.1, 0.15) is 25.5 Å². The van der Waals surface area contributed by atoms with Crippen molar-refractivity contribution in [2.75, 3.05) is 0 Å². The van der Waals surface area contributed by atoms with E-state index in [1.54, 1.807) is 0 Å². The highest BCUT2D eigenvalue weighted by molar-refractivity contribution is 6.31. The fraction of sp³-hybridized carbons (Fsp3) is 0.308. The van der Waals surface area contributed by atoms with Gasteiger partial charge in [-0.1, -0.05) is 18.5 Å². The predicted molar refractivity (Wildman–Crippen MR) is 66.9 cm³/mol. The van der Waals surface area contributed by atoms with E-state index in [0.29, 0.717) is 12.8 Å². The summed E-state index contributed by atoms with van der Waals surface area (Å²) in [5.41, 5.74) is 2.00. The van der Waals surface area contributed by atoms with Gasteiger partial charge in [-0.2, -0.15) is 0 Å². The summed E-state index contributed by atoms with van der Waals surface area (Å²) in [4.78, 5) is 14.7. The number of carbonyl (C=O) groups excluding carboxylic acids is 1. The lowest BCUT2D eigenvalue weighted by Crippen LogP contribution is -2.01. The Balaban J connectivity index is 2.23. The lowest BCUT2D eigenvalue weighted by atomic mass is 10.1. The van der Waals surface area contributed by atoms with Gasteiger partial charge >= 0.3 is 0 Å². The summed E-state index contributed by atoms with van der Waals surface area (Å²) >= 11 is 5.90. The van der Waals surface area contributed by atoms with Gasteiger partial charge in [0.05, 0.1) is 0 Å². The standard InChI is InChI=1S/C13H14ClNO/c1-2-3-12(16)8-11-7-9-6-10(14)4-5-13(9)15-11/h4-7,15H,2-3,8H2,1H3. The Morgan fingerprint density at radius 1 is 1.38 bits per heavy atom. The quantitative estimate of drug-likeness (QED) is 0.861. The van der Waals surface area contributed by atoms with Gasteiger partial charge in [0.1, 0.15) is 5.78 Å². The molecule has 0 saturated heterocycles. The first-order valence-corrected chi connectivity index (χ1v) is 5.85. The molecule has 0 fully saturated rings. The molecule has 0 aliphatic heterocycles. The van der Waals surface area contributed by atoms with Gasteiger partial charge in [0, 0.05) is 34.5 Å². The number of hydrogen-bond acceptors (Lipinski definition) is 1. The van der Waals surface area contributed by atoms with Crippen molar-refractivity contribution < 1.29 is 4.79 Å². The average Bonchev–Trinajstić information content (AvgIpc) is 2.59. The number of aromatic amines is 1. The van der Waals surface area contributed by atoms with E-state index >= 15 is 0 Å². The molecule has 1 N–H and O–H groups in total. The Labute approximate surface area is 99.6 Å². The molecular formula is C13H14ClNO. The van der Waals surface area contributed by atoms with Crippen LogP contribution in [-0.2, 0) is 11.2 Å². The van der Waals surface area contributed by atoms with Gasteiger partial charge < -0.3 is 4.98 Å². The molecule has 1 aromatic carbocycles. The SMILES string of the molecule is CCCC(=O)Cc1cc2cc(Cl)ccc2[nH]1. The zero-order valence-corrected chi connectivity index (χ0v) is 9.97. The van der Waals surface area contributed by atoms with Gasteiger partial charge in [-0.15, -0.1) is 0 Å². The van der Waals surface area contributed by atoms with Crippen molar-refractivity contribution in [1.29, 1.82) is 0 Å². The first kappa shape index (κ1) is 11.2. The van der Waals surface area contributed by atoms with Crippen molar-refractivity contribution in [3.05, 3.63) is 35.0 Å². The summed E-state index contributed by atoms with van der Waals surface area (Å²) in [6, 6.07) is 7.68. The number of rotatable bonds is 4. The minimum atomic E-state index is 0.278. The van der Waals surface area contributed by atoms with Crippen LogP contribution in [0.5, 0.6) is 0 Å². The minimum absolute atomic E-state index is 0.278. The van der Waals surface area contributed by atoms with E-state index < -0.39 is 0 Å². The van der Waals surface area contributed by atoms with Crippen LogP contribution in [0.15, 0.2) is 24.3 Å². The molecule has 0 aliphatic carbocycles. The summed E-state index contributed by atoms with van der Waals surface area (Å²) in [7, 11) is 0. The molecule has 0 amide bonds. The highest BCUT2D eigenvalue weighted by atomic mass is 35.5. The van der Waals surface area contributed by atoms with Crippen LogP contribution in [0, 0.1) is 0 Å². The molecule has 1 aromatic heterocycles. The predicted octanol–water partition coefficient (Wildman–Crippen LogP) is 3.73. The van der Waals surface area contributed by atoms with Crippen molar-refractivity contribution in [3.8, 4) is 0 Å². The molecule has 0 aliphatic rings. The molecule has 84 valence electrons. The minimum Gasteiger partial charge on any atom is -0.358 e. The Bertz CT molecular complexity index is 516. The van der Waals surface area contributed by atoms with Gasteiger partial charge in [0.2, 0.25) is 0 Å². The zero-order valence-electron chi connectivity index (χ0n) is 9.22. The number of carbonyl (C=O) groups is 1. The molecule has 2 rings (SSSR count). The summed E-state index contributed by atoms with van der Waals surface area (Å²) < 4.78 is 0. The number of hydrogen-bond donors (Lipinski definition) is 1. The number of nitrogens with one attached hydrogen (secondary N) is 1. The molecular weight excluding hydrogens is 222 g/mol. The normalized spacial score (nSPS) is 10.9. The molecule has 0 unspecified atom stereocenters. The van der Waals surface area contributed by atoms with E-state index in [2.05, 4.69) is 4.98 Å². The van der Waals surface area contributed by atoms with Gasteiger partial charge in [-0.3, -0.25) is 4.79 Å². The maximum Gasteiger partial charge on any atom is 0.138 e. The number of H-pyrrole nitrogens is 1. The topological polar surface area (TPSA) is 32.9 Å². The highest BCUT2D eigenvalue weighted by Crippen LogP contribution is 2.20. The van der Waals surface area contributed by atoms with Gasteiger partial charge in [0.15, 0.2) is 0 Å². The molecule has 0 saturated carbocycles. The van der Waals surface area contributed by atoms with E-state index in [0.717, 1.165) is 28.0 Å². The molecule has 0 atom stereocenters. The third-order valence-corrected chi connectivity index (χ3v) is 2.79. The lowest BCUT2D eigenvalue weighted by molar-refractivity contribution is -0.118. The first-order chi connectivity index (χ1) is 7.69. The maximum absolute atomic E-state index is 11.5. The Kier molecular flexibility index (Phi) is 3.30. The number of benzene rings is 1. The first-order valence-electron chi connectivity index (χ1n) is 5.48. The van der Waals surface area contributed by atoms with Crippen molar-refractivity contribution in [2.45, 2.75) is 26.2 Å². The van der Waals surface area contributed by atoms with Crippen LogP contribution >= 0.6 is 11.6 Å². The summed E-state index contributed by atoms with van der Waals surface area (Å²) in [6.07, 6.45) is 2.04. The third kappa shape index (κ3) is 2.45. The smallest absolute Gasteiger partial charge is 0.138 e. The number of fused-ring (bicyclic) bond motifs is 1. The number of ketones is 1. The average molecular weight is 236 g/mol. The molecule has 2 nitrogen and oxygen atoms in total. The van der Waals surface area contributed by atoms with Crippen LogP contribution in [-0.4, -0.2) is 10.8 Å². The Hall–Kier alpha value is -1.28. The molecule has 0 bridgehead atoms.